The number of aromatic nitrogens is 3. The highest BCUT2D eigenvalue weighted by atomic mass is 35.5. The average Bonchev–Trinajstić information content (AvgIpc) is 3.50. The molecule has 4 aromatic rings. The molecule has 0 radical (unpaired) electrons. The zero-order valence-electron chi connectivity index (χ0n) is 18.8. The average molecular weight is 507 g/mol. The molecule has 2 amide bonds. The Morgan fingerprint density at radius 1 is 1.19 bits per heavy atom. The maximum Gasteiger partial charge on any atom is 0.254 e. The van der Waals surface area contributed by atoms with E-state index >= 15 is 0 Å². The van der Waals surface area contributed by atoms with E-state index in [9.17, 15) is 14.0 Å². The first-order valence-electron chi connectivity index (χ1n) is 11.3. The number of benzene rings is 2. The molecule has 6 rings (SSSR count). The molecule has 3 N–H and O–H groups in total. The second-order valence-corrected chi connectivity index (χ2v) is 9.00. The molecule has 2 aliphatic rings. The summed E-state index contributed by atoms with van der Waals surface area (Å²) in [5.41, 5.74) is 3.79. The van der Waals surface area contributed by atoms with Gasteiger partial charge in [0.05, 0.1) is 12.6 Å². The monoisotopic (exact) mass is 506 g/mol. The van der Waals surface area contributed by atoms with E-state index in [1.165, 1.54) is 24.5 Å². The van der Waals surface area contributed by atoms with E-state index in [1.54, 1.807) is 22.8 Å². The van der Waals surface area contributed by atoms with Crippen LogP contribution in [0.4, 0.5) is 10.1 Å². The standard InChI is InChI=1S/C25H20ClFN6O3/c26-18-3-2-15(27)9-16(18)23-22-17(24(34)32-23)7-14(13-1-4-21-29-12-30-33(21)11-13)8-19(22)31-25(35)20-10-28-5-6-36-20/h1-4,7-9,11-12,20,23,28H,5-6,10H2,(H,31,35)(H,32,34). The van der Waals surface area contributed by atoms with Crippen molar-refractivity contribution >= 4 is 34.7 Å². The first kappa shape index (κ1) is 22.6. The zero-order valence-corrected chi connectivity index (χ0v) is 19.6. The number of rotatable bonds is 4. The maximum atomic E-state index is 14.1. The summed E-state index contributed by atoms with van der Waals surface area (Å²) >= 11 is 6.39. The highest BCUT2D eigenvalue weighted by Crippen LogP contribution is 2.41. The van der Waals surface area contributed by atoms with Gasteiger partial charge >= 0.3 is 0 Å². The Labute approximate surface area is 209 Å². The van der Waals surface area contributed by atoms with Crippen molar-refractivity contribution in [3.63, 3.8) is 0 Å². The fraction of sp³-hybridized carbons (Fsp3) is 0.200. The third-order valence-corrected chi connectivity index (χ3v) is 6.69. The van der Waals surface area contributed by atoms with E-state index in [1.807, 2.05) is 12.1 Å². The van der Waals surface area contributed by atoms with Crippen LogP contribution in [0.3, 0.4) is 0 Å². The van der Waals surface area contributed by atoms with Crippen molar-refractivity contribution in [2.24, 2.45) is 0 Å². The molecule has 182 valence electrons. The van der Waals surface area contributed by atoms with Crippen LogP contribution in [0, 0.1) is 5.82 Å². The molecule has 0 aliphatic carbocycles. The predicted octanol–water partition coefficient (Wildman–Crippen LogP) is 2.95. The molecular formula is C25H20ClFN6O3. The quantitative estimate of drug-likeness (QED) is 0.392. The minimum absolute atomic E-state index is 0.298. The SMILES string of the molecule is O=C1NC(c2cc(F)ccc2Cl)c2c(NC(=O)C3CNCCO3)cc(-c3ccc4ncnn4c3)cc21. The van der Waals surface area contributed by atoms with Gasteiger partial charge in [-0.2, -0.15) is 5.10 Å². The molecule has 2 unspecified atom stereocenters. The zero-order chi connectivity index (χ0) is 24.8. The number of fused-ring (bicyclic) bond motifs is 2. The summed E-state index contributed by atoms with van der Waals surface area (Å²) in [4.78, 5) is 30.4. The van der Waals surface area contributed by atoms with Crippen LogP contribution in [0.2, 0.25) is 5.02 Å². The third-order valence-electron chi connectivity index (χ3n) is 6.34. The van der Waals surface area contributed by atoms with E-state index in [2.05, 4.69) is 26.0 Å². The number of hydrogen-bond acceptors (Lipinski definition) is 6. The molecule has 1 saturated heterocycles. The molecule has 1 fully saturated rings. The van der Waals surface area contributed by atoms with Gasteiger partial charge in [0, 0.05) is 52.3 Å². The number of nitrogens with one attached hydrogen (secondary N) is 3. The Morgan fingerprint density at radius 3 is 2.92 bits per heavy atom. The van der Waals surface area contributed by atoms with Crippen LogP contribution in [-0.4, -0.2) is 52.2 Å². The Hall–Kier alpha value is -3.86. The number of ether oxygens (including phenoxy) is 1. The lowest BCUT2D eigenvalue weighted by molar-refractivity contribution is -0.128. The van der Waals surface area contributed by atoms with Gasteiger partial charge in [0.25, 0.3) is 11.8 Å². The lowest BCUT2D eigenvalue weighted by Gasteiger charge is -2.24. The van der Waals surface area contributed by atoms with Crippen molar-refractivity contribution in [1.29, 1.82) is 0 Å². The number of pyridine rings is 1. The molecular weight excluding hydrogens is 487 g/mol. The molecule has 0 bridgehead atoms. The minimum Gasteiger partial charge on any atom is -0.366 e. The number of nitrogens with zero attached hydrogens (tertiary/aromatic N) is 3. The van der Waals surface area contributed by atoms with Crippen LogP contribution in [-0.2, 0) is 9.53 Å². The van der Waals surface area contributed by atoms with Crippen molar-refractivity contribution in [1.82, 2.24) is 25.2 Å². The summed E-state index contributed by atoms with van der Waals surface area (Å²) in [6, 6.07) is 10.4. The summed E-state index contributed by atoms with van der Waals surface area (Å²) < 4.78 is 21.4. The highest BCUT2D eigenvalue weighted by molar-refractivity contribution is 6.31. The number of amides is 2. The molecule has 2 aromatic heterocycles. The smallest absolute Gasteiger partial charge is 0.254 e. The van der Waals surface area contributed by atoms with Gasteiger partial charge in [0.2, 0.25) is 0 Å². The molecule has 0 saturated carbocycles. The number of carbonyl (C=O) groups is 2. The molecule has 0 spiro atoms. The first-order valence-corrected chi connectivity index (χ1v) is 11.7. The molecule has 2 aromatic carbocycles. The largest absolute Gasteiger partial charge is 0.366 e. The van der Waals surface area contributed by atoms with Crippen molar-refractivity contribution in [2.45, 2.75) is 12.1 Å². The topological polar surface area (TPSA) is 110 Å². The Bertz CT molecular complexity index is 1520. The van der Waals surface area contributed by atoms with Gasteiger partial charge in [0.1, 0.15) is 18.2 Å². The molecule has 9 nitrogen and oxygen atoms in total. The summed E-state index contributed by atoms with van der Waals surface area (Å²) in [7, 11) is 0. The van der Waals surface area contributed by atoms with Gasteiger partial charge in [-0.3, -0.25) is 9.59 Å². The minimum atomic E-state index is -0.747. The first-order chi connectivity index (χ1) is 17.5. The van der Waals surface area contributed by atoms with E-state index in [4.69, 9.17) is 16.3 Å². The number of hydrogen-bond donors (Lipinski definition) is 3. The van der Waals surface area contributed by atoms with Crippen molar-refractivity contribution in [2.75, 3.05) is 25.0 Å². The fourth-order valence-electron chi connectivity index (χ4n) is 4.61. The number of morpholine rings is 1. The summed E-state index contributed by atoms with van der Waals surface area (Å²) in [5.74, 6) is -1.19. The molecule has 2 atom stereocenters. The maximum absolute atomic E-state index is 14.1. The van der Waals surface area contributed by atoms with Crippen LogP contribution < -0.4 is 16.0 Å². The number of halogens is 2. The third kappa shape index (κ3) is 3.98. The van der Waals surface area contributed by atoms with Gasteiger partial charge in [-0.25, -0.2) is 13.9 Å². The molecule has 36 heavy (non-hydrogen) atoms. The van der Waals surface area contributed by atoms with Gasteiger partial charge in [-0.05, 0) is 48.0 Å². The Balaban J connectivity index is 1.49. The normalized spacial score (nSPS) is 19.2. The van der Waals surface area contributed by atoms with Gasteiger partial charge in [0.15, 0.2) is 5.65 Å². The van der Waals surface area contributed by atoms with Crippen LogP contribution in [0.1, 0.15) is 27.5 Å². The predicted molar refractivity (Wildman–Crippen MR) is 130 cm³/mol. The van der Waals surface area contributed by atoms with Crippen molar-refractivity contribution in [3.8, 4) is 11.1 Å². The Morgan fingerprint density at radius 2 is 2.08 bits per heavy atom. The van der Waals surface area contributed by atoms with Crippen LogP contribution in [0.5, 0.6) is 0 Å². The lowest BCUT2D eigenvalue weighted by atomic mass is 9.93. The molecule has 2 aliphatic heterocycles. The second-order valence-electron chi connectivity index (χ2n) is 8.59. The lowest BCUT2D eigenvalue weighted by Crippen LogP contribution is -2.45. The summed E-state index contributed by atoms with van der Waals surface area (Å²) in [6.07, 6.45) is 2.55. The van der Waals surface area contributed by atoms with E-state index in [0.717, 1.165) is 5.56 Å². The van der Waals surface area contributed by atoms with Crippen LogP contribution in [0.25, 0.3) is 16.8 Å². The van der Waals surface area contributed by atoms with Crippen molar-refractivity contribution in [3.05, 3.63) is 82.5 Å². The van der Waals surface area contributed by atoms with E-state index < -0.39 is 18.0 Å². The summed E-state index contributed by atoms with van der Waals surface area (Å²) in [6.45, 7) is 1.45. The second kappa shape index (κ2) is 8.98. The van der Waals surface area contributed by atoms with Gasteiger partial charge in [-0.1, -0.05) is 11.6 Å². The van der Waals surface area contributed by atoms with Gasteiger partial charge < -0.3 is 20.7 Å². The van der Waals surface area contributed by atoms with E-state index in [0.29, 0.717) is 58.3 Å². The summed E-state index contributed by atoms with van der Waals surface area (Å²) in [5, 5.41) is 13.4. The molecule has 11 heteroatoms. The van der Waals surface area contributed by atoms with Crippen LogP contribution in [0.15, 0.2) is 55.0 Å². The molecule has 4 heterocycles. The van der Waals surface area contributed by atoms with E-state index in [-0.39, 0.29) is 11.8 Å². The number of carbonyl (C=O) groups excluding carboxylic acids is 2. The number of anilines is 1. The van der Waals surface area contributed by atoms with Crippen LogP contribution >= 0.6 is 11.6 Å². The van der Waals surface area contributed by atoms with Crippen molar-refractivity contribution < 1.29 is 18.7 Å². The fourth-order valence-corrected chi connectivity index (χ4v) is 4.83. The highest BCUT2D eigenvalue weighted by Gasteiger charge is 2.35. The van der Waals surface area contributed by atoms with Gasteiger partial charge in [-0.15, -0.1) is 0 Å². The Kier molecular flexibility index (Phi) is 5.63.